The highest BCUT2D eigenvalue weighted by Crippen LogP contribution is 2.28. The Balaban J connectivity index is 1.60. The Morgan fingerprint density at radius 1 is 1.09 bits per heavy atom. The summed E-state index contributed by atoms with van der Waals surface area (Å²) in [7, 11) is 4.14. The molecule has 0 aliphatic rings. The molecule has 0 saturated heterocycles. The number of rotatable bonds is 7. The van der Waals surface area contributed by atoms with Gasteiger partial charge >= 0.3 is 0 Å². The summed E-state index contributed by atoms with van der Waals surface area (Å²) in [5.41, 5.74) is 2.42. The van der Waals surface area contributed by atoms with Crippen LogP contribution in [0, 0.1) is 6.92 Å². The lowest BCUT2D eigenvalue weighted by molar-refractivity contribution is 0.437. The minimum atomic E-state index is -0.281. The molecule has 2 aromatic heterocycles. The van der Waals surface area contributed by atoms with Crippen LogP contribution in [-0.2, 0) is 0 Å². The molecule has 0 aliphatic carbocycles. The number of aryl methyl sites for hydroxylation is 1. The van der Waals surface area contributed by atoms with Crippen molar-refractivity contribution in [1.82, 2.24) is 19.4 Å². The Hall–Kier alpha value is -2.58. The summed E-state index contributed by atoms with van der Waals surface area (Å²) in [6, 6.07) is 13.3. The van der Waals surface area contributed by atoms with E-state index in [-0.39, 0.29) is 5.56 Å². The van der Waals surface area contributed by atoms with Crippen LogP contribution < -0.4 is 10.9 Å². The van der Waals surface area contributed by atoms with Gasteiger partial charge in [-0.2, -0.15) is 0 Å². The third-order valence-corrected chi connectivity index (χ3v) is 6.63. The van der Waals surface area contributed by atoms with Crippen molar-refractivity contribution >= 4 is 57.5 Å². The van der Waals surface area contributed by atoms with Gasteiger partial charge in [0.25, 0.3) is 5.56 Å². The van der Waals surface area contributed by atoms with Crippen molar-refractivity contribution in [2.24, 2.45) is 0 Å². The molecule has 0 spiro atoms. The molecule has 170 valence electrons. The van der Waals surface area contributed by atoms with E-state index in [1.165, 1.54) is 15.7 Å². The normalized spacial score (nSPS) is 11.3. The molecule has 0 saturated carbocycles. The van der Waals surface area contributed by atoms with E-state index >= 15 is 0 Å². The van der Waals surface area contributed by atoms with Crippen LogP contribution in [0.5, 0.6) is 0 Å². The number of fused-ring (bicyclic) bond motifs is 1. The van der Waals surface area contributed by atoms with Crippen LogP contribution >= 0.6 is 35.0 Å². The van der Waals surface area contributed by atoms with Gasteiger partial charge in [0.1, 0.15) is 0 Å². The van der Waals surface area contributed by atoms with Crippen molar-refractivity contribution in [2.75, 3.05) is 31.7 Å². The lowest BCUT2D eigenvalue weighted by atomic mass is 10.2. The number of benzene rings is 2. The molecule has 9 heteroatoms. The van der Waals surface area contributed by atoms with Crippen molar-refractivity contribution in [3.05, 3.63) is 80.8 Å². The smallest absolute Gasteiger partial charge is 0.266 e. The zero-order valence-corrected chi connectivity index (χ0v) is 20.8. The maximum Gasteiger partial charge on any atom is 0.266 e. The molecular formula is C24H23Cl2N5OS. The fourth-order valence-corrected chi connectivity index (χ4v) is 4.94. The minimum Gasteiger partial charge on any atom is -0.324 e. The van der Waals surface area contributed by atoms with E-state index in [1.54, 1.807) is 24.4 Å². The van der Waals surface area contributed by atoms with Crippen LogP contribution in [0.1, 0.15) is 5.56 Å². The third kappa shape index (κ3) is 5.33. The number of hydrogen-bond acceptors (Lipinski definition) is 6. The van der Waals surface area contributed by atoms with Crippen molar-refractivity contribution in [3.63, 3.8) is 0 Å². The maximum atomic E-state index is 13.2. The van der Waals surface area contributed by atoms with Crippen molar-refractivity contribution < 1.29 is 0 Å². The number of nitrogens with zero attached hydrogens (tertiary/aromatic N) is 4. The van der Waals surface area contributed by atoms with Gasteiger partial charge in [-0.05, 0) is 63.0 Å². The zero-order valence-electron chi connectivity index (χ0n) is 18.5. The van der Waals surface area contributed by atoms with Gasteiger partial charge in [-0.25, -0.2) is 9.97 Å². The van der Waals surface area contributed by atoms with Crippen LogP contribution in [0.15, 0.2) is 64.5 Å². The summed E-state index contributed by atoms with van der Waals surface area (Å²) in [5.74, 6) is 1.45. The number of pyridine rings is 1. The first-order chi connectivity index (χ1) is 15.8. The molecule has 0 fully saturated rings. The van der Waals surface area contributed by atoms with Crippen molar-refractivity contribution in [3.8, 4) is 5.69 Å². The van der Waals surface area contributed by atoms with Gasteiger partial charge in [-0.15, -0.1) is 11.8 Å². The van der Waals surface area contributed by atoms with Gasteiger partial charge in [0.2, 0.25) is 5.95 Å². The highest BCUT2D eigenvalue weighted by Gasteiger charge is 2.15. The highest BCUT2D eigenvalue weighted by atomic mass is 35.5. The fourth-order valence-electron chi connectivity index (χ4n) is 3.34. The largest absolute Gasteiger partial charge is 0.324 e. The monoisotopic (exact) mass is 499 g/mol. The van der Waals surface area contributed by atoms with Gasteiger partial charge in [-0.3, -0.25) is 9.36 Å². The second-order valence-corrected chi connectivity index (χ2v) is 9.80. The van der Waals surface area contributed by atoms with E-state index < -0.39 is 0 Å². The van der Waals surface area contributed by atoms with E-state index in [2.05, 4.69) is 46.4 Å². The molecule has 0 bridgehead atoms. The lowest BCUT2D eigenvalue weighted by Gasteiger charge is -2.13. The topological polar surface area (TPSA) is 63.1 Å². The van der Waals surface area contributed by atoms with Gasteiger partial charge in [0.15, 0.2) is 0 Å². The van der Waals surface area contributed by atoms with Crippen LogP contribution in [0.25, 0.3) is 16.6 Å². The summed E-state index contributed by atoms with van der Waals surface area (Å²) in [4.78, 5) is 25.5. The Bertz CT molecular complexity index is 1340. The van der Waals surface area contributed by atoms with Gasteiger partial charge in [0, 0.05) is 35.3 Å². The Morgan fingerprint density at radius 2 is 1.79 bits per heavy atom. The quantitative estimate of drug-likeness (QED) is 0.324. The standard InChI is InChI=1S/C24H23Cl2N5OS/c1-15-14-31(22-19(25)5-4-6-20(22)26)23(32)18-13-27-24(29-21(15)18)28-16-7-9-17(10-8-16)33-12-11-30(2)3/h4-10,13-14H,11-12H2,1-3H3,(H,27,28,29). The molecule has 0 radical (unpaired) electrons. The summed E-state index contributed by atoms with van der Waals surface area (Å²) < 4.78 is 1.45. The molecule has 1 N–H and O–H groups in total. The molecule has 33 heavy (non-hydrogen) atoms. The van der Waals surface area contributed by atoms with Crippen LogP contribution in [-0.4, -0.2) is 45.8 Å². The van der Waals surface area contributed by atoms with Crippen LogP contribution in [0.3, 0.4) is 0 Å². The lowest BCUT2D eigenvalue weighted by Crippen LogP contribution is -2.20. The summed E-state index contributed by atoms with van der Waals surface area (Å²) in [6.07, 6.45) is 3.24. The average molecular weight is 500 g/mol. The van der Waals surface area contributed by atoms with Gasteiger partial charge in [-0.1, -0.05) is 29.3 Å². The Labute approximate surface area is 206 Å². The second-order valence-electron chi connectivity index (χ2n) is 7.81. The number of nitrogens with one attached hydrogen (secondary N) is 1. The molecule has 4 aromatic rings. The van der Waals surface area contributed by atoms with Crippen molar-refractivity contribution in [1.29, 1.82) is 0 Å². The first-order valence-corrected chi connectivity index (χ1v) is 12.1. The van der Waals surface area contributed by atoms with Crippen molar-refractivity contribution in [2.45, 2.75) is 11.8 Å². The average Bonchev–Trinajstić information content (AvgIpc) is 2.78. The summed E-state index contributed by atoms with van der Waals surface area (Å²) in [6.45, 7) is 2.92. The molecule has 2 heterocycles. The first-order valence-electron chi connectivity index (χ1n) is 10.3. The summed E-state index contributed by atoms with van der Waals surface area (Å²) in [5, 5.41) is 4.40. The predicted octanol–water partition coefficient (Wildman–Crippen LogP) is 5.79. The molecule has 0 amide bonds. The van der Waals surface area contributed by atoms with E-state index in [1.807, 2.05) is 30.8 Å². The number of anilines is 2. The SMILES string of the molecule is Cc1cn(-c2c(Cl)cccc2Cl)c(=O)c2cnc(Nc3ccc(SCCN(C)C)cc3)nc12. The minimum absolute atomic E-state index is 0.281. The number of hydrogen-bond donors (Lipinski definition) is 1. The molecule has 6 nitrogen and oxygen atoms in total. The van der Waals surface area contributed by atoms with Crippen LogP contribution in [0.4, 0.5) is 11.6 Å². The second kappa shape index (κ2) is 10.1. The number of halogens is 2. The number of para-hydroxylation sites is 1. The molecule has 0 atom stereocenters. The molecule has 4 rings (SSSR count). The Kier molecular flexibility index (Phi) is 7.24. The fraction of sp³-hybridized carbons (Fsp3) is 0.208. The van der Waals surface area contributed by atoms with E-state index in [9.17, 15) is 4.79 Å². The van der Waals surface area contributed by atoms with Crippen LogP contribution in [0.2, 0.25) is 10.0 Å². The molecular weight excluding hydrogens is 477 g/mol. The zero-order chi connectivity index (χ0) is 23.5. The maximum absolute atomic E-state index is 13.2. The first kappa shape index (κ1) is 23.6. The third-order valence-electron chi connectivity index (χ3n) is 5.03. The molecule has 2 aromatic carbocycles. The number of aromatic nitrogens is 3. The van der Waals surface area contributed by atoms with Gasteiger partial charge in [0.05, 0.1) is 26.6 Å². The molecule has 0 unspecified atom stereocenters. The van der Waals surface area contributed by atoms with Gasteiger partial charge < -0.3 is 10.2 Å². The summed E-state index contributed by atoms with van der Waals surface area (Å²) >= 11 is 14.5. The predicted molar refractivity (Wildman–Crippen MR) is 139 cm³/mol. The number of thioether (sulfide) groups is 1. The van der Waals surface area contributed by atoms with E-state index in [4.69, 9.17) is 23.2 Å². The Morgan fingerprint density at radius 3 is 2.45 bits per heavy atom. The van der Waals surface area contributed by atoms with E-state index in [0.29, 0.717) is 32.6 Å². The molecule has 0 aliphatic heterocycles. The van der Waals surface area contributed by atoms with E-state index in [0.717, 1.165) is 23.5 Å². The highest BCUT2D eigenvalue weighted by molar-refractivity contribution is 7.99.